The van der Waals surface area contributed by atoms with Crippen molar-refractivity contribution in [2.45, 2.75) is 75.9 Å². The number of nitrogens with zero attached hydrogens (tertiary/aromatic N) is 1. The van der Waals surface area contributed by atoms with E-state index in [9.17, 15) is 9.90 Å². The molecule has 0 aromatic carbocycles. The summed E-state index contributed by atoms with van der Waals surface area (Å²) in [6.07, 6.45) is 7.43. The molecule has 116 valence electrons. The minimum atomic E-state index is -0.788. The lowest BCUT2D eigenvalue weighted by molar-refractivity contribution is -0.128. The van der Waals surface area contributed by atoms with Crippen molar-refractivity contribution in [3.63, 3.8) is 0 Å². The van der Waals surface area contributed by atoms with Crippen LogP contribution in [0.1, 0.15) is 81.0 Å². The SMILES string of the molecule is C[C@@H](NC(=O)CC1(O)CCCCC1)c1csc(C2CC2)n1. The molecule has 0 aliphatic heterocycles. The summed E-state index contributed by atoms with van der Waals surface area (Å²) in [5.74, 6) is 0.600. The highest BCUT2D eigenvalue weighted by Gasteiger charge is 2.32. The van der Waals surface area contributed by atoms with Gasteiger partial charge in [-0.3, -0.25) is 4.79 Å². The van der Waals surface area contributed by atoms with E-state index in [0.29, 0.717) is 5.92 Å². The van der Waals surface area contributed by atoms with Gasteiger partial charge in [0.1, 0.15) is 0 Å². The Balaban J connectivity index is 1.53. The molecule has 3 rings (SSSR count). The first-order valence-corrected chi connectivity index (χ1v) is 8.91. The second-order valence-electron chi connectivity index (χ2n) is 6.64. The molecule has 2 saturated carbocycles. The molecule has 2 fully saturated rings. The van der Waals surface area contributed by atoms with Crippen LogP contribution in [0.3, 0.4) is 0 Å². The van der Waals surface area contributed by atoms with E-state index in [0.717, 1.165) is 31.4 Å². The molecule has 0 saturated heterocycles. The third-order valence-electron chi connectivity index (χ3n) is 4.56. The van der Waals surface area contributed by atoms with Gasteiger partial charge in [0.15, 0.2) is 0 Å². The first kappa shape index (κ1) is 15.0. The zero-order chi connectivity index (χ0) is 14.9. The van der Waals surface area contributed by atoms with E-state index in [1.165, 1.54) is 24.3 Å². The van der Waals surface area contributed by atoms with Gasteiger partial charge in [0.05, 0.1) is 28.8 Å². The molecule has 2 aliphatic carbocycles. The van der Waals surface area contributed by atoms with Gasteiger partial charge in [-0.05, 0) is 32.6 Å². The Bertz CT molecular complexity index is 504. The summed E-state index contributed by atoms with van der Waals surface area (Å²) < 4.78 is 0. The summed E-state index contributed by atoms with van der Waals surface area (Å²) in [5.41, 5.74) is 0.162. The average molecular weight is 308 g/mol. The molecular formula is C16H24N2O2S. The van der Waals surface area contributed by atoms with Crippen LogP contribution in [0.2, 0.25) is 0 Å². The number of aromatic nitrogens is 1. The van der Waals surface area contributed by atoms with E-state index in [1.807, 2.05) is 12.3 Å². The molecule has 0 bridgehead atoms. The van der Waals surface area contributed by atoms with E-state index in [-0.39, 0.29) is 18.4 Å². The first-order valence-electron chi connectivity index (χ1n) is 8.03. The Morgan fingerprint density at radius 2 is 2.19 bits per heavy atom. The smallest absolute Gasteiger partial charge is 0.223 e. The number of hydrogen-bond acceptors (Lipinski definition) is 4. The predicted octanol–water partition coefficient (Wildman–Crippen LogP) is 3.28. The normalized spacial score (nSPS) is 22.8. The molecule has 1 atom stereocenters. The third kappa shape index (κ3) is 3.83. The van der Waals surface area contributed by atoms with Gasteiger partial charge >= 0.3 is 0 Å². The first-order chi connectivity index (χ1) is 10.1. The number of rotatable bonds is 5. The van der Waals surface area contributed by atoms with Gasteiger partial charge in [0, 0.05) is 11.3 Å². The molecule has 2 N–H and O–H groups in total. The molecule has 0 spiro atoms. The Morgan fingerprint density at radius 3 is 2.86 bits per heavy atom. The average Bonchev–Trinajstić information content (AvgIpc) is 3.16. The van der Waals surface area contributed by atoms with E-state index in [4.69, 9.17) is 0 Å². The Morgan fingerprint density at radius 1 is 1.48 bits per heavy atom. The van der Waals surface area contributed by atoms with E-state index >= 15 is 0 Å². The fraction of sp³-hybridized carbons (Fsp3) is 0.750. The zero-order valence-corrected chi connectivity index (χ0v) is 13.4. The highest BCUT2D eigenvalue weighted by Crippen LogP contribution is 2.41. The number of nitrogens with one attached hydrogen (secondary N) is 1. The Hall–Kier alpha value is -0.940. The predicted molar refractivity (Wildman–Crippen MR) is 83.3 cm³/mol. The molecular weight excluding hydrogens is 284 g/mol. The van der Waals surface area contributed by atoms with Crippen molar-refractivity contribution < 1.29 is 9.90 Å². The van der Waals surface area contributed by atoms with Crippen LogP contribution in [0.4, 0.5) is 0 Å². The molecule has 0 unspecified atom stereocenters. The van der Waals surface area contributed by atoms with E-state index in [2.05, 4.69) is 10.3 Å². The topological polar surface area (TPSA) is 62.2 Å². The lowest BCUT2D eigenvalue weighted by Gasteiger charge is -2.31. The zero-order valence-electron chi connectivity index (χ0n) is 12.6. The molecule has 1 aromatic rings. The summed E-state index contributed by atoms with van der Waals surface area (Å²) in [4.78, 5) is 16.8. The maximum Gasteiger partial charge on any atom is 0.223 e. The van der Waals surface area contributed by atoms with Crippen LogP contribution in [-0.2, 0) is 4.79 Å². The maximum atomic E-state index is 12.2. The largest absolute Gasteiger partial charge is 0.389 e. The molecule has 21 heavy (non-hydrogen) atoms. The fourth-order valence-electron chi connectivity index (χ4n) is 3.07. The van der Waals surface area contributed by atoms with Gasteiger partial charge < -0.3 is 10.4 Å². The van der Waals surface area contributed by atoms with Crippen molar-refractivity contribution in [2.24, 2.45) is 0 Å². The standard InChI is InChI=1S/C16H24N2O2S/c1-11(13-10-21-15(18-13)12-5-6-12)17-14(19)9-16(20)7-3-2-4-8-16/h10-12,20H,2-9H2,1H3,(H,17,19)/t11-/m1/s1. The van der Waals surface area contributed by atoms with Crippen LogP contribution < -0.4 is 5.32 Å². The molecule has 0 radical (unpaired) electrons. The van der Waals surface area contributed by atoms with E-state index in [1.54, 1.807) is 11.3 Å². The quantitative estimate of drug-likeness (QED) is 0.877. The number of aliphatic hydroxyl groups is 1. The minimum absolute atomic E-state index is 0.0622. The van der Waals surface area contributed by atoms with Crippen molar-refractivity contribution in [1.29, 1.82) is 0 Å². The highest BCUT2D eigenvalue weighted by atomic mass is 32.1. The molecule has 4 nitrogen and oxygen atoms in total. The number of amides is 1. The second kappa shape index (κ2) is 6.05. The molecule has 2 aliphatic rings. The number of carbonyl (C=O) groups excluding carboxylic acids is 1. The molecule has 1 amide bonds. The maximum absolute atomic E-state index is 12.2. The number of hydrogen-bond donors (Lipinski definition) is 2. The van der Waals surface area contributed by atoms with Gasteiger partial charge in [0.25, 0.3) is 0 Å². The molecule has 1 aromatic heterocycles. The monoisotopic (exact) mass is 308 g/mol. The van der Waals surface area contributed by atoms with Crippen molar-refractivity contribution in [2.75, 3.05) is 0 Å². The highest BCUT2D eigenvalue weighted by molar-refractivity contribution is 7.09. The van der Waals surface area contributed by atoms with Crippen molar-refractivity contribution in [3.8, 4) is 0 Å². The number of carbonyl (C=O) groups is 1. The van der Waals surface area contributed by atoms with Gasteiger partial charge in [0.2, 0.25) is 5.91 Å². The summed E-state index contributed by atoms with van der Waals surface area (Å²) in [6, 6.07) is -0.0755. The Labute approximate surface area is 130 Å². The van der Waals surface area contributed by atoms with Gasteiger partial charge in [-0.2, -0.15) is 0 Å². The summed E-state index contributed by atoms with van der Waals surface area (Å²) in [7, 11) is 0. The second-order valence-corrected chi connectivity index (χ2v) is 7.53. The summed E-state index contributed by atoms with van der Waals surface area (Å²) in [6.45, 7) is 1.97. The molecule has 1 heterocycles. The summed E-state index contributed by atoms with van der Waals surface area (Å²) in [5, 5.41) is 16.7. The number of thiazole rings is 1. The Kier molecular flexibility index (Phi) is 4.31. The van der Waals surface area contributed by atoms with Crippen LogP contribution in [0, 0.1) is 0 Å². The van der Waals surface area contributed by atoms with Crippen LogP contribution in [0.15, 0.2) is 5.38 Å². The van der Waals surface area contributed by atoms with Gasteiger partial charge in [-0.15, -0.1) is 11.3 Å². The van der Waals surface area contributed by atoms with Crippen LogP contribution in [0.25, 0.3) is 0 Å². The summed E-state index contributed by atoms with van der Waals surface area (Å²) >= 11 is 1.70. The third-order valence-corrected chi connectivity index (χ3v) is 5.59. The van der Waals surface area contributed by atoms with Gasteiger partial charge in [-0.1, -0.05) is 19.3 Å². The van der Waals surface area contributed by atoms with Crippen molar-refractivity contribution >= 4 is 17.2 Å². The van der Waals surface area contributed by atoms with Gasteiger partial charge in [-0.25, -0.2) is 4.98 Å². The van der Waals surface area contributed by atoms with Crippen LogP contribution >= 0.6 is 11.3 Å². The van der Waals surface area contributed by atoms with Crippen molar-refractivity contribution in [1.82, 2.24) is 10.3 Å². The minimum Gasteiger partial charge on any atom is -0.389 e. The fourth-order valence-corrected chi connectivity index (χ4v) is 4.15. The lowest BCUT2D eigenvalue weighted by Crippen LogP contribution is -2.39. The van der Waals surface area contributed by atoms with Crippen LogP contribution in [0.5, 0.6) is 0 Å². The van der Waals surface area contributed by atoms with Crippen LogP contribution in [-0.4, -0.2) is 21.6 Å². The van der Waals surface area contributed by atoms with Crippen molar-refractivity contribution in [3.05, 3.63) is 16.1 Å². The molecule has 5 heteroatoms. The van der Waals surface area contributed by atoms with E-state index < -0.39 is 5.60 Å². The lowest BCUT2D eigenvalue weighted by atomic mass is 9.82.